The van der Waals surface area contributed by atoms with Crippen LogP contribution >= 0.6 is 0 Å². The smallest absolute Gasteiger partial charge is 0.166 e. The third-order valence-corrected chi connectivity index (χ3v) is 5.97. The number of nitrogens with two attached hydrogens (primary N) is 2. The lowest BCUT2D eigenvalue weighted by molar-refractivity contribution is 0.106. The Balaban J connectivity index is 1.47. The molecule has 2 aromatic rings. The highest BCUT2D eigenvalue weighted by atomic mass is 16.5. The van der Waals surface area contributed by atoms with Gasteiger partial charge in [0, 0.05) is 42.3 Å². The fraction of sp³-hybridized carbons (Fsp3) is 0.391. The zero-order valence-corrected chi connectivity index (χ0v) is 17.6. The number of fused-ring (bicyclic) bond motifs is 1. The number of pyridine rings is 1. The highest BCUT2D eigenvalue weighted by molar-refractivity contribution is 6.02. The van der Waals surface area contributed by atoms with Crippen LogP contribution in [0.1, 0.15) is 31.0 Å². The molecular formula is C23H30N6O. The zero-order chi connectivity index (χ0) is 21.1. The number of allylic oxidation sites excluding steroid dienone is 3. The summed E-state index contributed by atoms with van der Waals surface area (Å²) in [5, 5.41) is 4.64. The van der Waals surface area contributed by atoms with Gasteiger partial charge in [0.25, 0.3) is 0 Å². The van der Waals surface area contributed by atoms with E-state index in [1.54, 1.807) is 0 Å². The highest BCUT2D eigenvalue weighted by Crippen LogP contribution is 2.30. The van der Waals surface area contributed by atoms with Gasteiger partial charge in [-0.2, -0.15) is 5.10 Å². The molecule has 1 unspecified atom stereocenters. The van der Waals surface area contributed by atoms with Gasteiger partial charge in [-0.25, -0.2) is 5.84 Å². The number of rotatable bonds is 5. The van der Waals surface area contributed by atoms with Crippen LogP contribution in [0.25, 0.3) is 10.9 Å². The Hall–Kier alpha value is -2.90. The molecule has 4 rings (SSSR count). The monoisotopic (exact) mass is 406 g/mol. The van der Waals surface area contributed by atoms with Crippen LogP contribution in [0.3, 0.4) is 0 Å². The summed E-state index contributed by atoms with van der Waals surface area (Å²) in [6.07, 6.45) is 8.90. The molecule has 0 spiro atoms. The second kappa shape index (κ2) is 8.85. The van der Waals surface area contributed by atoms with E-state index < -0.39 is 0 Å². The second-order valence-corrected chi connectivity index (χ2v) is 8.12. The Bertz CT molecular complexity index is 1000. The van der Waals surface area contributed by atoms with E-state index in [1.807, 2.05) is 31.2 Å². The summed E-state index contributed by atoms with van der Waals surface area (Å²) in [6, 6.07) is 7.82. The van der Waals surface area contributed by atoms with Crippen molar-refractivity contribution in [3.05, 3.63) is 59.3 Å². The Labute approximate surface area is 177 Å². The molecule has 2 aliphatic rings. The van der Waals surface area contributed by atoms with Gasteiger partial charge in [0.2, 0.25) is 0 Å². The minimum Gasteiger partial charge on any atom is -0.490 e. The van der Waals surface area contributed by atoms with Crippen LogP contribution < -0.4 is 21.8 Å². The summed E-state index contributed by atoms with van der Waals surface area (Å²) in [5.74, 6) is 12.8. The lowest BCUT2D eigenvalue weighted by atomic mass is 10.0. The molecule has 1 aromatic heterocycles. The third kappa shape index (κ3) is 4.32. The number of hydrogen-bond acceptors (Lipinski definition) is 6. The van der Waals surface area contributed by atoms with Crippen molar-refractivity contribution in [3.63, 3.8) is 0 Å². The highest BCUT2D eigenvalue weighted by Gasteiger charge is 2.23. The van der Waals surface area contributed by atoms with Crippen LogP contribution in [0.4, 0.5) is 0 Å². The quantitative estimate of drug-likeness (QED) is 0.305. The molecule has 1 aromatic carbocycles. The van der Waals surface area contributed by atoms with Gasteiger partial charge < -0.3 is 16.0 Å². The summed E-state index contributed by atoms with van der Waals surface area (Å²) >= 11 is 0. The standard InChI is InChI=1S/C23H30N6O/c1-15-4-3-5-18(15)14-29-10-8-19(9-11-29)30-22-12-16(2)26-21-7-6-17(13-20(21)22)23(27-24)28-25/h3-7,12-13,15,19H,8-11,14,24-25H2,1-2H3,(H,27,28). The maximum atomic E-state index is 6.47. The van der Waals surface area contributed by atoms with Crippen molar-refractivity contribution < 1.29 is 4.74 Å². The van der Waals surface area contributed by atoms with Gasteiger partial charge in [-0.05, 0) is 49.5 Å². The van der Waals surface area contributed by atoms with Crippen molar-refractivity contribution in [1.82, 2.24) is 15.3 Å². The SMILES string of the molecule is Cc1cc(OC2CCN(CC3=CC=CC3C)CC2)c2cc(/C(=N/N)NN)ccc2n1. The average Bonchev–Trinajstić information content (AvgIpc) is 3.15. The molecule has 5 N–H and O–H groups in total. The van der Waals surface area contributed by atoms with E-state index in [0.717, 1.165) is 60.4 Å². The summed E-state index contributed by atoms with van der Waals surface area (Å²) in [6.45, 7) is 7.39. The number of ether oxygens (including phenoxy) is 1. The molecule has 0 radical (unpaired) electrons. The molecule has 2 heterocycles. The van der Waals surface area contributed by atoms with Crippen LogP contribution in [0.15, 0.2) is 53.2 Å². The average molecular weight is 407 g/mol. The van der Waals surface area contributed by atoms with Crippen LogP contribution in [-0.2, 0) is 0 Å². The molecule has 1 saturated heterocycles. The molecule has 1 aliphatic carbocycles. The molecule has 7 nitrogen and oxygen atoms in total. The van der Waals surface area contributed by atoms with Crippen molar-refractivity contribution >= 4 is 16.7 Å². The van der Waals surface area contributed by atoms with E-state index in [4.69, 9.17) is 16.4 Å². The number of nitrogens with one attached hydrogen (secondary N) is 1. The molecule has 1 aliphatic heterocycles. The fourth-order valence-electron chi connectivity index (χ4n) is 4.20. The largest absolute Gasteiger partial charge is 0.490 e. The van der Waals surface area contributed by atoms with Gasteiger partial charge in [0.1, 0.15) is 11.9 Å². The van der Waals surface area contributed by atoms with Crippen LogP contribution in [-0.4, -0.2) is 41.5 Å². The van der Waals surface area contributed by atoms with E-state index in [0.29, 0.717) is 11.8 Å². The number of nitrogens with zero attached hydrogens (tertiary/aromatic N) is 3. The summed E-state index contributed by atoms with van der Waals surface area (Å²) in [7, 11) is 0. The van der Waals surface area contributed by atoms with E-state index >= 15 is 0 Å². The molecule has 158 valence electrons. The maximum absolute atomic E-state index is 6.47. The first-order valence-corrected chi connectivity index (χ1v) is 10.5. The number of piperidine rings is 1. The van der Waals surface area contributed by atoms with Gasteiger partial charge in [0.15, 0.2) is 5.84 Å². The Morgan fingerprint density at radius 3 is 2.77 bits per heavy atom. The number of amidine groups is 1. The van der Waals surface area contributed by atoms with Crippen LogP contribution in [0, 0.1) is 12.8 Å². The number of aromatic nitrogens is 1. The number of hydrazone groups is 1. The van der Waals surface area contributed by atoms with Gasteiger partial charge in [0.05, 0.1) is 5.52 Å². The number of hydrogen-bond donors (Lipinski definition) is 3. The van der Waals surface area contributed by atoms with Crippen LogP contribution in [0.2, 0.25) is 0 Å². The first kappa shape index (κ1) is 20.4. The van der Waals surface area contributed by atoms with Crippen LogP contribution in [0.5, 0.6) is 5.75 Å². The predicted octanol–water partition coefficient (Wildman–Crippen LogP) is 2.60. The minimum absolute atomic E-state index is 0.193. The number of benzene rings is 1. The number of likely N-dealkylation sites (tertiary alicyclic amines) is 1. The lowest BCUT2D eigenvalue weighted by Gasteiger charge is -2.33. The lowest BCUT2D eigenvalue weighted by Crippen LogP contribution is -2.39. The summed E-state index contributed by atoms with van der Waals surface area (Å²) in [5.41, 5.74) is 6.65. The summed E-state index contributed by atoms with van der Waals surface area (Å²) < 4.78 is 6.47. The van der Waals surface area contributed by atoms with E-state index in [9.17, 15) is 0 Å². The molecule has 7 heteroatoms. The topological polar surface area (TPSA) is 102 Å². The summed E-state index contributed by atoms with van der Waals surface area (Å²) in [4.78, 5) is 7.16. The number of aryl methyl sites for hydroxylation is 1. The fourth-order valence-corrected chi connectivity index (χ4v) is 4.20. The minimum atomic E-state index is 0.193. The number of hydrazine groups is 1. The maximum Gasteiger partial charge on any atom is 0.166 e. The first-order valence-electron chi connectivity index (χ1n) is 10.5. The van der Waals surface area contributed by atoms with Gasteiger partial charge in [-0.15, -0.1) is 0 Å². The molecule has 1 fully saturated rings. The Kier molecular flexibility index (Phi) is 6.01. The van der Waals surface area contributed by atoms with E-state index in [-0.39, 0.29) is 6.10 Å². The zero-order valence-electron chi connectivity index (χ0n) is 17.6. The molecule has 30 heavy (non-hydrogen) atoms. The third-order valence-electron chi connectivity index (χ3n) is 5.97. The van der Waals surface area contributed by atoms with Crippen molar-refractivity contribution in [2.75, 3.05) is 19.6 Å². The Morgan fingerprint density at radius 2 is 2.10 bits per heavy atom. The first-order chi connectivity index (χ1) is 14.6. The second-order valence-electron chi connectivity index (χ2n) is 8.12. The van der Waals surface area contributed by atoms with Crippen molar-refractivity contribution in [1.29, 1.82) is 0 Å². The van der Waals surface area contributed by atoms with Gasteiger partial charge in [-0.3, -0.25) is 9.88 Å². The van der Waals surface area contributed by atoms with E-state index in [2.05, 4.69) is 45.6 Å². The molecular weight excluding hydrogens is 376 g/mol. The molecule has 0 saturated carbocycles. The van der Waals surface area contributed by atoms with E-state index in [1.165, 1.54) is 5.57 Å². The molecule has 0 amide bonds. The van der Waals surface area contributed by atoms with Crippen molar-refractivity contribution in [2.24, 2.45) is 22.7 Å². The molecule has 1 atom stereocenters. The van der Waals surface area contributed by atoms with Crippen molar-refractivity contribution in [2.45, 2.75) is 32.8 Å². The van der Waals surface area contributed by atoms with Gasteiger partial charge >= 0.3 is 0 Å². The molecule has 0 bridgehead atoms. The van der Waals surface area contributed by atoms with Gasteiger partial charge in [-0.1, -0.05) is 25.2 Å². The van der Waals surface area contributed by atoms with Crippen molar-refractivity contribution in [3.8, 4) is 5.75 Å². The Morgan fingerprint density at radius 1 is 1.30 bits per heavy atom. The predicted molar refractivity (Wildman–Crippen MR) is 121 cm³/mol. The normalized spacial score (nSPS) is 20.6.